The van der Waals surface area contributed by atoms with Crippen molar-refractivity contribution in [1.29, 1.82) is 5.26 Å². The number of likely N-dealkylation sites (tertiary alicyclic amines) is 1. The van der Waals surface area contributed by atoms with Gasteiger partial charge in [0.2, 0.25) is 11.8 Å². The lowest BCUT2D eigenvalue weighted by Crippen LogP contribution is -2.53. The Hall–Kier alpha value is -2.39. The summed E-state index contributed by atoms with van der Waals surface area (Å²) in [4.78, 5) is 25.8. The van der Waals surface area contributed by atoms with E-state index < -0.39 is 11.9 Å². The molecule has 0 aliphatic carbocycles. The number of carbonyl (C=O) groups excluding carboxylic acids is 2. The van der Waals surface area contributed by atoms with E-state index in [0.29, 0.717) is 25.1 Å². The van der Waals surface area contributed by atoms with Crippen molar-refractivity contribution >= 4 is 11.8 Å². The summed E-state index contributed by atoms with van der Waals surface area (Å²) >= 11 is 0. The van der Waals surface area contributed by atoms with Crippen LogP contribution in [0.25, 0.3) is 0 Å². The highest BCUT2D eigenvalue weighted by Gasteiger charge is 2.32. The summed E-state index contributed by atoms with van der Waals surface area (Å²) in [6.07, 6.45) is 2.23. The summed E-state index contributed by atoms with van der Waals surface area (Å²) in [6, 6.07) is 8.49. The van der Waals surface area contributed by atoms with Gasteiger partial charge in [-0.25, -0.2) is 0 Å². The van der Waals surface area contributed by atoms with Gasteiger partial charge in [-0.05, 0) is 30.0 Å². The molecule has 134 valence electrons. The minimum Gasteiger partial charge on any atom is -0.368 e. The smallest absolute Gasteiger partial charge is 0.239 e. The van der Waals surface area contributed by atoms with Crippen LogP contribution in [-0.2, 0) is 9.59 Å². The molecule has 6 heteroatoms. The van der Waals surface area contributed by atoms with E-state index in [-0.39, 0.29) is 17.9 Å². The van der Waals surface area contributed by atoms with Crippen LogP contribution in [0.2, 0.25) is 0 Å². The van der Waals surface area contributed by atoms with Gasteiger partial charge < -0.3 is 10.6 Å². The molecular formula is C19H26N4O2. The number of nitriles is 1. The summed E-state index contributed by atoms with van der Waals surface area (Å²) in [7, 11) is 0. The predicted octanol–water partition coefficient (Wildman–Crippen LogP) is 1.71. The minimum absolute atomic E-state index is 0.124. The van der Waals surface area contributed by atoms with Crippen molar-refractivity contribution in [3.05, 3.63) is 35.4 Å². The first-order chi connectivity index (χ1) is 12.0. The van der Waals surface area contributed by atoms with Gasteiger partial charge in [-0.2, -0.15) is 5.26 Å². The van der Waals surface area contributed by atoms with Gasteiger partial charge in [-0.3, -0.25) is 14.9 Å². The van der Waals surface area contributed by atoms with Crippen LogP contribution in [0, 0.1) is 17.2 Å². The topological polar surface area (TPSA) is 99.2 Å². The molecule has 3 atom stereocenters. The first kappa shape index (κ1) is 18.9. The van der Waals surface area contributed by atoms with Crippen LogP contribution >= 0.6 is 0 Å². The molecule has 0 saturated carbocycles. The zero-order valence-electron chi connectivity index (χ0n) is 14.9. The van der Waals surface area contributed by atoms with E-state index in [1.165, 1.54) is 0 Å². The molecule has 25 heavy (non-hydrogen) atoms. The Morgan fingerprint density at radius 1 is 1.36 bits per heavy atom. The van der Waals surface area contributed by atoms with Crippen LogP contribution in [0.3, 0.4) is 0 Å². The van der Waals surface area contributed by atoms with Crippen LogP contribution in [0.5, 0.6) is 0 Å². The normalized spacial score (nSPS) is 21.4. The first-order valence-corrected chi connectivity index (χ1v) is 8.83. The quantitative estimate of drug-likeness (QED) is 0.822. The summed E-state index contributed by atoms with van der Waals surface area (Å²) in [6.45, 7) is 5.38. The zero-order valence-corrected chi connectivity index (χ0v) is 14.9. The number of nitrogens with two attached hydrogens (primary N) is 1. The molecule has 0 aromatic heterocycles. The highest BCUT2D eigenvalue weighted by atomic mass is 16.2. The third-order valence-electron chi connectivity index (χ3n) is 4.95. The summed E-state index contributed by atoms with van der Waals surface area (Å²) in [5, 5.41) is 12.3. The summed E-state index contributed by atoms with van der Waals surface area (Å²) in [5.41, 5.74) is 6.91. The maximum absolute atomic E-state index is 12.0. The lowest BCUT2D eigenvalue weighted by molar-refractivity contribution is -0.133. The number of hydrogen-bond donors (Lipinski definition) is 2. The number of benzene rings is 1. The molecule has 0 unspecified atom stereocenters. The lowest BCUT2D eigenvalue weighted by atomic mass is 9.88. The second-order valence-corrected chi connectivity index (χ2v) is 6.49. The Morgan fingerprint density at radius 3 is 2.56 bits per heavy atom. The van der Waals surface area contributed by atoms with E-state index in [9.17, 15) is 9.59 Å². The SMILES string of the molecule is CCC(=O)N1CC[C@H](N[C@H](C(N)=O)c2ccc(C#N)cc2)[C@H](CC)C1. The Balaban J connectivity index is 2.12. The fourth-order valence-electron chi connectivity index (χ4n) is 3.42. The van der Waals surface area contributed by atoms with E-state index in [2.05, 4.69) is 18.3 Å². The van der Waals surface area contributed by atoms with Crippen LogP contribution in [0.4, 0.5) is 0 Å². The van der Waals surface area contributed by atoms with Gasteiger partial charge in [-0.1, -0.05) is 32.4 Å². The van der Waals surface area contributed by atoms with Gasteiger partial charge in [-0.15, -0.1) is 0 Å². The standard InChI is InChI=1S/C19H26N4O2/c1-3-14-12-23(17(24)4-2)10-9-16(14)22-18(19(21)25)15-7-5-13(11-20)6-8-15/h5-8,14,16,18,22H,3-4,9-10,12H2,1-2H3,(H2,21,25)/t14-,16+,18+/m1/s1. The van der Waals surface area contributed by atoms with Gasteiger partial charge in [0.25, 0.3) is 0 Å². The molecule has 1 aromatic carbocycles. The molecule has 2 amide bonds. The molecule has 1 aliphatic heterocycles. The minimum atomic E-state index is -0.597. The average molecular weight is 342 g/mol. The third-order valence-corrected chi connectivity index (χ3v) is 4.95. The molecular weight excluding hydrogens is 316 g/mol. The highest BCUT2D eigenvalue weighted by Crippen LogP contribution is 2.24. The van der Waals surface area contributed by atoms with Crippen LogP contribution < -0.4 is 11.1 Å². The van der Waals surface area contributed by atoms with Crippen LogP contribution in [0.1, 0.15) is 50.3 Å². The molecule has 0 bridgehead atoms. The molecule has 1 saturated heterocycles. The molecule has 1 aliphatic rings. The van der Waals surface area contributed by atoms with Gasteiger partial charge in [0, 0.05) is 25.6 Å². The molecule has 1 heterocycles. The van der Waals surface area contributed by atoms with Crippen molar-refractivity contribution in [2.24, 2.45) is 11.7 Å². The Bertz CT molecular complexity index is 650. The Kier molecular flexibility index (Phi) is 6.54. The monoisotopic (exact) mass is 342 g/mol. The molecule has 1 aromatic rings. The van der Waals surface area contributed by atoms with Gasteiger partial charge in [0.1, 0.15) is 6.04 Å². The second kappa shape index (κ2) is 8.63. The van der Waals surface area contributed by atoms with Crippen LogP contribution in [-0.4, -0.2) is 35.8 Å². The maximum atomic E-state index is 12.0. The van der Waals surface area contributed by atoms with Gasteiger partial charge >= 0.3 is 0 Å². The molecule has 3 N–H and O–H groups in total. The maximum Gasteiger partial charge on any atom is 0.239 e. The Morgan fingerprint density at radius 2 is 2.04 bits per heavy atom. The van der Waals surface area contributed by atoms with Crippen molar-refractivity contribution in [3.63, 3.8) is 0 Å². The summed E-state index contributed by atoms with van der Waals surface area (Å²) in [5.74, 6) is 0.0200. The molecule has 6 nitrogen and oxygen atoms in total. The largest absolute Gasteiger partial charge is 0.368 e. The second-order valence-electron chi connectivity index (χ2n) is 6.49. The van der Waals surface area contributed by atoms with Crippen molar-refractivity contribution in [2.75, 3.05) is 13.1 Å². The van der Waals surface area contributed by atoms with E-state index in [1.54, 1.807) is 24.3 Å². The molecule has 2 rings (SSSR count). The number of amides is 2. The first-order valence-electron chi connectivity index (χ1n) is 8.83. The van der Waals surface area contributed by atoms with Crippen molar-refractivity contribution in [1.82, 2.24) is 10.2 Å². The van der Waals surface area contributed by atoms with Gasteiger partial charge in [0.15, 0.2) is 0 Å². The van der Waals surface area contributed by atoms with E-state index >= 15 is 0 Å². The predicted molar refractivity (Wildman–Crippen MR) is 95.3 cm³/mol. The molecule has 0 radical (unpaired) electrons. The van der Waals surface area contributed by atoms with E-state index in [0.717, 1.165) is 18.4 Å². The van der Waals surface area contributed by atoms with E-state index in [4.69, 9.17) is 11.0 Å². The third kappa shape index (κ3) is 4.58. The number of nitrogens with one attached hydrogen (secondary N) is 1. The highest BCUT2D eigenvalue weighted by molar-refractivity contribution is 5.81. The lowest BCUT2D eigenvalue weighted by Gasteiger charge is -2.40. The number of rotatable bonds is 6. The number of nitrogens with zero attached hydrogens (tertiary/aromatic N) is 2. The number of carbonyl (C=O) groups is 2. The number of hydrogen-bond acceptors (Lipinski definition) is 4. The van der Waals surface area contributed by atoms with Crippen molar-refractivity contribution < 1.29 is 9.59 Å². The van der Waals surface area contributed by atoms with Crippen molar-refractivity contribution in [2.45, 2.75) is 45.2 Å². The zero-order chi connectivity index (χ0) is 18.4. The average Bonchev–Trinajstić information content (AvgIpc) is 2.65. The number of primary amides is 1. The van der Waals surface area contributed by atoms with Gasteiger partial charge in [0.05, 0.1) is 11.6 Å². The molecule has 1 fully saturated rings. The van der Waals surface area contributed by atoms with Crippen molar-refractivity contribution in [3.8, 4) is 6.07 Å². The summed E-state index contributed by atoms with van der Waals surface area (Å²) < 4.78 is 0. The van der Waals surface area contributed by atoms with E-state index in [1.807, 2.05) is 11.8 Å². The molecule has 0 spiro atoms. The fourth-order valence-corrected chi connectivity index (χ4v) is 3.42. The number of piperidine rings is 1. The van der Waals surface area contributed by atoms with Crippen LogP contribution in [0.15, 0.2) is 24.3 Å². The Labute approximate surface area is 149 Å². The fraction of sp³-hybridized carbons (Fsp3) is 0.526.